The van der Waals surface area contributed by atoms with Gasteiger partial charge in [-0.3, -0.25) is 9.35 Å². The van der Waals surface area contributed by atoms with Crippen LogP contribution in [-0.4, -0.2) is 35.0 Å². The van der Waals surface area contributed by atoms with Gasteiger partial charge in [-0.25, -0.2) is 0 Å². The standard InChI is InChI=1S/C7H13NO5S/c1-4-6(10)8-7(3,5(2)9)14(11,12)13/h4-5,9H,1H2,2-3H3,(H,8,10)(H,11,12,13). The van der Waals surface area contributed by atoms with Crippen molar-refractivity contribution < 1.29 is 22.9 Å². The molecule has 0 aliphatic carbocycles. The van der Waals surface area contributed by atoms with Crippen LogP contribution in [0.15, 0.2) is 12.7 Å². The van der Waals surface area contributed by atoms with Gasteiger partial charge in [-0.15, -0.1) is 0 Å². The van der Waals surface area contributed by atoms with Crippen LogP contribution in [0.25, 0.3) is 0 Å². The summed E-state index contributed by atoms with van der Waals surface area (Å²) in [5.41, 5.74) is 0. The van der Waals surface area contributed by atoms with Crippen LogP contribution in [0.1, 0.15) is 13.8 Å². The molecule has 0 radical (unpaired) electrons. The lowest BCUT2D eigenvalue weighted by Gasteiger charge is -2.29. The molecule has 14 heavy (non-hydrogen) atoms. The predicted octanol–water partition coefficient (Wildman–Crippen LogP) is -0.727. The predicted molar refractivity (Wildman–Crippen MR) is 50.0 cm³/mol. The zero-order chi connectivity index (χ0) is 11.6. The van der Waals surface area contributed by atoms with Crippen molar-refractivity contribution in [1.29, 1.82) is 0 Å². The Morgan fingerprint density at radius 1 is 1.64 bits per heavy atom. The first-order chi connectivity index (χ1) is 6.15. The van der Waals surface area contributed by atoms with Crippen molar-refractivity contribution in [2.75, 3.05) is 0 Å². The van der Waals surface area contributed by atoms with E-state index >= 15 is 0 Å². The van der Waals surface area contributed by atoms with Crippen LogP contribution in [0.5, 0.6) is 0 Å². The molecule has 7 heteroatoms. The van der Waals surface area contributed by atoms with E-state index in [1.165, 1.54) is 0 Å². The molecule has 0 saturated heterocycles. The molecule has 0 aromatic carbocycles. The van der Waals surface area contributed by atoms with Gasteiger partial charge in [0.25, 0.3) is 10.1 Å². The SMILES string of the molecule is C=CC(=O)NC(C)(C(C)O)S(=O)(=O)O. The summed E-state index contributed by atoms with van der Waals surface area (Å²) in [6.07, 6.45) is -0.618. The first kappa shape index (κ1) is 13.1. The van der Waals surface area contributed by atoms with E-state index in [2.05, 4.69) is 6.58 Å². The Morgan fingerprint density at radius 3 is 2.29 bits per heavy atom. The van der Waals surface area contributed by atoms with Gasteiger partial charge >= 0.3 is 0 Å². The van der Waals surface area contributed by atoms with Crippen LogP contribution in [0.3, 0.4) is 0 Å². The minimum Gasteiger partial charge on any atom is -0.390 e. The van der Waals surface area contributed by atoms with Crippen molar-refractivity contribution in [1.82, 2.24) is 5.32 Å². The average Bonchev–Trinajstić information content (AvgIpc) is 2.01. The highest BCUT2D eigenvalue weighted by Gasteiger charge is 2.43. The minimum atomic E-state index is -4.60. The van der Waals surface area contributed by atoms with Gasteiger partial charge in [-0.1, -0.05) is 6.58 Å². The third kappa shape index (κ3) is 2.53. The van der Waals surface area contributed by atoms with Gasteiger partial charge in [-0.2, -0.15) is 8.42 Å². The molecule has 0 saturated carbocycles. The average molecular weight is 223 g/mol. The number of amides is 1. The number of carbonyl (C=O) groups excluding carboxylic acids is 1. The highest BCUT2D eigenvalue weighted by atomic mass is 32.2. The molecular weight excluding hydrogens is 210 g/mol. The van der Waals surface area contributed by atoms with E-state index in [0.717, 1.165) is 19.9 Å². The Balaban J connectivity index is 5.13. The summed E-state index contributed by atoms with van der Waals surface area (Å²) in [5, 5.41) is 11.1. The number of nitrogens with one attached hydrogen (secondary N) is 1. The first-order valence-corrected chi connectivity index (χ1v) is 5.19. The Bertz CT molecular complexity index is 334. The van der Waals surface area contributed by atoms with E-state index in [1.54, 1.807) is 0 Å². The quantitative estimate of drug-likeness (QED) is 0.431. The Labute approximate surface area is 82.4 Å². The van der Waals surface area contributed by atoms with E-state index < -0.39 is 27.0 Å². The summed E-state index contributed by atoms with van der Waals surface area (Å²) < 4.78 is 30.6. The fourth-order valence-corrected chi connectivity index (χ4v) is 1.34. The van der Waals surface area contributed by atoms with E-state index in [4.69, 9.17) is 9.66 Å². The van der Waals surface area contributed by atoms with E-state index in [1.807, 2.05) is 5.32 Å². The van der Waals surface area contributed by atoms with Crippen LogP contribution in [0.4, 0.5) is 0 Å². The van der Waals surface area contributed by atoms with Crippen molar-refractivity contribution in [3.63, 3.8) is 0 Å². The summed E-state index contributed by atoms with van der Waals surface area (Å²) in [5.74, 6) is -0.800. The molecule has 0 aromatic heterocycles. The number of hydrogen-bond donors (Lipinski definition) is 3. The van der Waals surface area contributed by atoms with Crippen molar-refractivity contribution in [2.45, 2.75) is 24.8 Å². The zero-order valence-corrected chi connectivity index (χ0v) is 8.71. The number of rotatable bonds is 4. The monoisotopic (exact) mass is 223 g/mol. The first-order valence-electron chi connectivity index (χ1n) is 3.75. The second-order valence-electron chi connectivity index (χ2n) is 2.95. The van der Waals surface area contributed by atoms with Gasteiger partial charge in [0.2, 0.25) is 5.91 Å². The maximum atomic E-state index is 10.9. The molecule has 0 aromatic rings. The molecule has 0 heterocycles. The summed E-state index contributed by atoms with van der Waals surface area (Å²) in [6.45, 7) is 5.25. The second kappa shape index (κ2) is 4.07. The molecule has 0 aliphatic rings. The van der Waals surface area contributed by atoms with Crippen molar-refractivity contribution >= 4 is 16.0 Å². The highest BCUT2D eigenvalue weighted by molar-refractivity contribution is 7.87. The Kier molecular flexibility index (Phi) is 3.81. The molecule has 0 aliphatic heterocycles. The van der Waals surface area contributed by atoms with Crippen molar-refractivity contribution in [3.8, 4) is 0 Å². The van der Waals surface area contributed by atoms with Gasteiger partial charge in [0.05, 0.1) is 6.10 Å². The number of aliphatic hydroxyl groups excluding tert-OH is 1. The third-order valence-corrected chi connectivity index (χ3v) is 3.40. The molecule has 0 spiro atoms. The molecule has 2 atom stereocenters. The fourth-order valence-electron chi connectivity index (χ4n) is 0.680. The topological polar surface area (TPSA) is 104 Å². The molecule has 0 rings (SSSR count). The molecule has 3 N–H and O–H groups in total. The molecular formula is C7H13NO5S. The maximum absolute atomic E-state index is 10.9. The maximum Gasteiger partial charge on any atom is 0.291 e. The number of hydrogen-bond acceptors (Lipinski definition) is 4. The molecule has 0 fully saturated rings. The Morgan fingerprint density at radius 2 is 2.07 bits per heavy atom. The molecule has 82 valence electrons. The largest absolute Gasteiger partial charge is 0.390 e. The minimum absolute atomic E-state index is 0.800. The van der Waals surface area contributed by atoms with Crippen LogP contribution in [-0.2, 0) is 14.9 Å². The van der Waals surface area contributed by atoms with E-state index in [0.29, 0.717) is 0 Å². The summed E-state index contributed by atoms with van der Waals surface area (Å²) in [7, 11) is -4.60. The van der Waals surface area contributed by atoms with Crippen molar-refractivity contribution in [3.05, 3.63) is 12.7 Å². The van der Waals surface area contributed by atoms with Crippen LogP contribution in [0, 0.1) is 0 Å². The molecule has 0 bridgehead atoms. The normalized spacial score (nSPS) is 18.0. The lowest BCUT2D eigenvalue weighted by molar-refractivity contribution is -0.118. The van der Waals surface area contributed by atoms with E-state index in [9.17, 15) is 13.2 Å². The second-order valence-corrected chi connectivity index (χ2v) is 4.75. The summed E-state index contributed by atoms with van der Waals surface area (Å²) >= 11 is 0. The third-order valence-electron chi connectivity index (χ3n) is 1.89. The van der Waals surface area contributed by atoms with Crippen LogP contribution >= 0.6 is 0 Å². The fraction of sp³-hybridized carbons (Fsp3) is 0.571. The van der Waals surface area contributed by atoms with Crippen LogP contribution < -0.4 is 5.32 Å². The zero-order valence-electron chi connectivity index (χ0n) is 7.89. The van der Waals surface area contributed by atoms with Gasteiger partial charge in [0.15, 0.2) is 4.87 Å². The lowest BCUT2D eigenvalue weighted by Crippen LogP contribution is -2.58. The summed E-state index contributed by atoms with van der Waals surface area (Å²) in [4.78, 5) is 8.74. The highest BCUT2D eigenvalue weighted by Crippen LogP contribution is 2.16. The smallest absolute Gasteiger partial charge is 0.291 e. The number of aliphatic hydroxyl groups is 1. The Hall–Kier alpha value is -0.920. The van der Waals surface area contributed by atoms with Crippen molar-refractivity contribution in [2.24, 2.45) is 0 Å². The number of carbonyl (C=O) groups is 1. The van der Waals surface area contributed by atoms with Crippen LogP contribution in [0.2, 0.25) is 0 Å². The lowest BCUT2D eigenvalue weighted by atomic mass is 10.2. The molecule has 1 amide bonds. The molecule has 2 unspecified atom stereocenters. The van der Waals surface area contributed by atoms with Gasteiger partial charge < -0.3 is 10.4 Å². The summed E-state index contributed by atoms with van der Waals surface area (Å²) in [6, 6.07) is 0. The van der Waals surface area contributed by atoms with Gasteiger partial charge in [0, 0.05) is 0 Å². The van der Waals surface area contributed by atoms with Gasteiger partial charge in [0.1, 0.15) is 0 Å². The van der Waals surface area contributed by atoms with E-state index in [-0.39, 0.29) is 0 Å². The molecule has 6 nitrogen and oxygen atoms in total. The van der Waals surface area contributed by atoms with Gasteiger partial charge in [-0.05, 0) is 19.9 Å².